The summed E-state index contributed by atoms with van der Waals surface area (Å²) in [5, 5.41) is 3.37. The van der Waals surface area contributed by atoms with E-state index in [0.717, 1.165) is 11.4 Å². The number of ether oxygens (including phenoxy) is 1. The summed E-state index contributed by atoms with van der Waals surface area (Å²) in [6.07, 6.45) is 0. The molecule has 84 valence electrons. The predicted octanol–water partition coefficient (Wildman–Crippen LogP) is 2.88. The summed E-state index contributed by atoms with van der Waals surface area (Å²) in [7, 11) is 0. The molecule has 0 aliphatic heterocycles. The van der Waals surface area contributed by atoms with Crippen LogP contribution in [-0.4, -0.2) is 12.1 Å². The number of hydrogen-bond donors (Lipinski definition) is 2. The van der Waals surface area contributed by atoms with Crippen molar-refractivity contribution in [1.82, 2.24) is 0 Å². The van der Waals surface area contributed by atoms with Crippen LogP contribution in [0.15, 0.2) is 18.2 Å². The fourth-order valence-corrected chi connectivity index (χ4v) is 1.33. The Morgan fingerprint density at radius 3 is 2.53 bits per heavy atom. The van der Waals surface area contributed by atoms with Gasteiger partial charge in [-0.25, -0.2) is 0 Å². The van der Waals surface area contributed by atoms with Crippen molar-refractivity contribution in [1.29, 1.82) is 0 Å². The van der Waals surface area contributed by atoms with Crippen LogP contribution in [0.1, 0.15) is 27.7 Å². The normalized spacial score (nSPS) is 11.2. The third-order valence-corrected chi connectivity index (χ3v) is 1.83. The van der Waals surface area contributed by atoms with Crippen LogP contribution in [0.3, 0.4) is 0 Å². The first-order chi connectivity index (χ1) is 6.92. The molecular formula is C12H20N2O. The van der Waals surface area contributed by atoms with Gasteiger partial charge in [-0.05, 0) is 39.8 Å². The number of hydrogen-bond acceptors (Lipinski definition) is 3. The minimum Gasteiger partial charge on any atom is -0.492 e. The summed E-state index contributed by atoms with van der Waals surface area (Å²) < 4.78 is 5.43. The molecule has 0 amide bonds. The van der Waals surface area contributed by atoms with E-state index in [9.17, 15) is 0 Å². The second kappa shape index (κ2) is 4.43. The molecule has 0 saturated heterocycles. The molecule has 0 bridgehead atoms. The molecule has 0 heterocycles. The van der Waals surface area contributed by atoms with Crippen LogP contribution < -0.4 is 15.8 Å². The monoisotopic (exact) mass is 208 g/mol. The van der Waals surface area contributed by atoms with Gasteiger partial charge in [-0.3, -0.25) is 0 Å². The Labute approximate surface area is 91.6 Å². The molecule has 0 spiro atoms. The fourth-order valence-electron chi connectivity index (χ4n) is 1.33. The lowest BCUT2D eigenvalue weighted by Crippen LogP contribution is -2.26. The standard InChI is InChI=1S/C12H20N2O/c1-5-15-11-8-9(6-7-10(11)13)14-12(2,3)4/h6-8,14H,5,13H2,1-4H3. The van der Waals surface area contributed by atoms with Gasteiger partial charge in [0.25, 0.3) is 0 Å². The van der Waals surface area contributed by atoms with Crippen molar-refractivity contribution in [2.45, 2.75) is 33.2 Å². The molecule has 1 aromatic carbocycles. The number of anilines is 2. The second-order valence-corrected chi connectivity index (χ2v) is 4.56. The van der Waals surface area contributed by atoms with E-state index >= 15 is 0 Å². The van der Waals surface area contributed by atoms with E-state index in [1.54, 1.807) is 0 Å². The smallest absolute Gasteiger partial charge is 0.144 e. The van der Waals surface area contributed by atoms with Gasteiger partial charge >= 0.3 is 0 Å². The van der Waals surface area contributed by atoms with E-state index in [-0.39, 0.29) is 5.54 Å². The van der Waals surface area contributed by atoms with Gasteiger partial charge in [-0.15, -0.1) is 0 Å². The third-order valence-electron chi connectivity index (χ3n) is 1.83. The van der Waals surface area contributed by atoms with Crippen molar-refractivity contribution in [3.8, 4) is 5.75 Å². The zero-order valence-corrected chi connectivity index (χ0v) is 9.92. The molecule has 0 atom stereocenters. The van der Waals surface area contributed by atoms with E-state index in [0.29, 0.717) is 12.3 Å². The minimum atomic E-state index is 0.0413. The van der Waals surface area contributed by atoms with E-state index in [4.69, 9.17) is 10.5 Å². The fraction of sp³-hybridized carbons (Fsp3) is 0.500. The zero-order valence-electron chi connectivity index (χ0n) is 9.92. The highest BCUT2D eigenvalue weighted by Gasteiger charge is 2.10. The van der Waals surface area contributed by atoms with Crippen LogP contribution in [0.4, 0.5) is 11.4 Å². The largest absolute Gasteiger partial charge is 0.492 e. The van der Waals surface area contributed by atoms with Gasteiger partial charge in [-0.1, -0.05) is 0 Å². The minimum absolute atomic E-state index is 0.0413. The van der Waals surface area contributed by atoms with E-state index in [2.05, 4.69) is 26.1 Å². The summed E-state index contributed by atoms with van der Waals surface area (Å²) in [4.78, 5) is 0. The van der Waals surface area contributed by atoms with Gasteiger partial charge in [0.05, 0.1) is 12.3 Å². The van der Waals surface area contributed by atoms with Crippen molar-refractivity contribution in [3.05, 3.63) is 18.2 Å². The molecule has 1 rings (SSSR count). The van der Waals surface area contributed by atoms with Crippen LogP contribution in [0.2, 0.25) is 0 Å². The molecule has 0 aromatic heterocycles. The summed E-state index contributed by atoms with van der Waals surface area (Å²) in [6.45, 7) is 8.92. The Bertz CT molecular complexity index is 329. The topological polar surface area (TPSA) is 47.3 Å². The van der Waals surface area contributed by atoms with Crippen molar-refractivity contribution >= 4 is 11.4 Å². The highest BCUT2D eigenvalue weighted by atomic mass is 16.5. The molecule has 0 saturated carbocycles. The van der Waals surface area contributed by atoms with Gasteiger partial charge in [0.2, 0.25) is 0 Å². The Morgan fingerprint density at radius 1 is 1.33 bits per heavy atom. The zero-order chi connectivity index (χ0) is 11.5. The molecule has 0 aliphatic rings. The maximum Gasteiger partial charge on any atom is 0.144 e. The quantitative estimate of drug-likeness (QED) is 0.751. The van der Waals surface area contributed by atoms with Gasteiger partial charge in [0, 0.05) is 17.3 Å². The number of nitrogens with one attached hydrogen (secondary N) is 1. The highest BCUT2D eigenvalue weighted by molar-refractivity contribution is 5.61. The lowest BCUT2D eigenvalue weighted by Gasteiger charge is -2.22. The highest BCUT2D eigenvalue weighted by Crippen LogP contribution is 2.26. The lowest BCUT2D eigenvalue weighted by molar-refractivity contribution is 0.342. The van der Waals surface area contributed by atoms with E-state index in [1.807, 2.05) is 25.1 Å². The van der Waals surface area contributed by atoms with Crippen LogP contribution in [0.25, 0.3) is 0 Å². The Hall–Kier alpha value is -1.38. The molecule has 0 aliphatic carbocycles. The van der Waals surface area contributed by atoms with Crippen molar-refractivity contribution < 1.29 is 4.74 Å². The van der Waals surface area contributed by atoms with Gasteiger partial charge in [0.15, 0.2) is 0 Å². The van der Waals surface area contributed by atoms with Crippen LogP contribution in [0, 0.1) is 0 Å². The Balaban J connectivity index is 2.87. The Morgan fingerprint density at radius 2 is 2.00 bits per heavy atom. The van der Waals surface area contributed by atoms with E-state index < -0.39 is 0 Å². The molecule has 0 unspecified atom stereocenters. The van der Waals surface area contributed by atoms with Crippen LogP contribution in [-0.2, 0) is 0 Å². The van der Waals surface area contributed by atoms with Gasteiger partial charge in [-0.2, -0.15) is 0 Å². The number of rotatable bonds is 3. The molecule has 15 heavy (non-hydrogen) atoms. The van der Waals surface area contributed by atoms with Crippen molar-refractivity contribution in [3.63, 3.8) is 0 Å². The molecule has 0 radical (unpaired) electrons. The average Bonchev–Trinajstić information content (AvgIpc) is 2.09. The molecule has 3 N–H and O–H groups in total. The average molecular weight is 208 g/mol. The molecular weight excluding hydrogens is 188 g/mol. The first-order valence-corrected chi connectivity index (χ1v) is 5.23. The SMILES string of the molecule is CCOc1cc(NC(C)(C)C)ccc1N. The van der Waals surface area contributed by atoms with Crippen LogP contribution >= 0.6 is 0 Å². The summed E-state index contributed by atoms with van der Waals surface area (Å²) in [5.74, 6) is 0.742. The lowest BCUT2D eigenvalue weighted by atomic mass is 10.1. The molecule has 3 nitrogen and oxygen atoms in total. The number of benzene rings is 1. The van der Waals surface area contributed by atoms with E-state index in [1.165, 1.54) is 0 Å². The van der Waals surface area contributed by atoms with Crippen molar-refractivity contribution in [2.24, 2.45) is 0 Å². The molecule has 0 fully saturated rings. The predicted molar refractivity (Wildman–Crippen MR) is 65.4 cm³/mol. The van der Waals surface area contributed by atoms with Crippen molar-refractivity contribution in [2.75, 3.05) is 17.7 Å². The van der Waals surface area contributed by atoms with Crippen LogP contribution in [0.5, 0.6) is 5.75 Å². The molecule has 3 heteroatoms. The second-order valence-electron chi connectivity index (χ2n) is 4.56. The number of nitrogens with two attached hydrogens (primary N) is 1. The number of nitrogen functional groups attached to an aromatic ring is 1. The molecule has 1 aromatic rings. The third kappa shape index (κ3) is 3.70. The summed E-state index contributed by atoms with van der Waals surface area (Å²) in [5.41, 5.74) is 7.53. The first-order valence-electron chi connectivity index (χ1n) is 5.23. The maximum absolute atomic E-state index is 5.79. The van der Waals surface area contributed by atoms with Gasteiger partial charge < -0.3 is 15.8 Å². The van der Waals surface area contributed by atoms with Gasteiger partial charge in [0.1, 0.15) is 5.75 Å². The first kappa shape index (κ1) is 11.7. The summed E-state index contributed by atoms with van der Waals surface area (Å²) >= 11 is 0. The Kier molecular flexibility index (Phi) is 3.45. The maximum atomic E-state index is 5.79. The summed E-state index contributed by atoms with van der Waals surface area (Å²) in [6, 6.07) is 5.76.